The summed E-state index contributed by atoms with van der Waals surface area (Å²) in [6, 6.07) is 23.5. The van der Waals surface area contributed by atoms with Gasteiger partial charge < -0.3 is 4.74 Å². The van der Waals surface area contributed by atoms with E-state index in [0.29, 0.717) is 28.9 Å². The second-order valence-corrected chi connectivity index (χ2v) is 7.67. The number of rotatable bonds is 7. The van der Waals surface area contributed by atoms with Crippen LogP contribution >= 0.6 is 11.6 Å². The average molecular weight is 419 g/mol. The predicted octanol–water partition coefficient (Wildman–Crippen LogP) is 5.09. The van der Waals surface area contributed by atoms with Crippen molar-refractivity contribution in [3.63, 3.8) is 0 Å². The molecule has 5 heteroatoms. The molecular formula is C25H23ClN2O2. The van der Waals surface area contributed by atoms with Crippen LogP contribution in [0.5, 0.6) is 5.75 Å². The third kappa shape index (κ3) is 4.55. The number of aryl methyl sites for hydroxylation is 3. The predicted molar refractivity (Wildman–Crippen MR) is 122 cm³/mol. The molecule has 1 heterocycles. The normalized spacial score (nSPS) is 11.0. The molecule has 4 nitrogen and oxygen atoms in total. The molecule has 152 valence electrons. The SMILES string of the molecule is COc1ccc(CCn2c(CCc3ccccc3)nc3cc(Cl)ccc3c2=O)cc1. The number of hydrogen-bond acceptors (Lipinski definition) is 3. The summed E-state index contributed by atoms with van der Waals surface area (Å²) in [4.78, 5) is 18.1. The number of ether oxygens (including phenoxy) is 1. The minimum absolute atomic E-state index is 0.0201. The number of halogens is 1. The molecule has 0 unspecified atom stereocenters. The fourth-order valence-corrected chi connectivity index (χ4v) is 3.76. The van der Waals surface area contributed by atoms with Crippen molar-refractivity contribution in [1.82, 2.24) is 9.55 Å². The van der Waals surface area contributed by atoms with Crippen LogP contribution in [0, 0.1) is 0 Å². The van der Waals surface area contributed by atoms with Gasteiger partial charge in [0.2, 0.25) is 0 Å². The second kappa shape index (κ2) is 9.14. The molecule has 0 saturated heterocycles. The Balaban J connectivity index is 1.66. The Labute approximate surface area is 180 Å². The Morgan fingerprint density at radius 2 is 1.63 bits per heavy atom. The number of hydrogen-bond donors (Lipinski definition) is 0. The maximum atomic E-state index is 13.3. The molecule has 1 aromatic heterocycles. The quantitative estimate of drug-likeness (QED) is 0.420. The van der Waals surface area contributed by atoms with Crippen LogP contribution in [0.1, 0.15) is 17.0 Å². The number of methoxy groups -OCH3 is 1. The minimum atomic E-state index is -0.0201. The number of benzene rings is 3. The monoisotopic (exact) mass is 418 g/mol. The minimum Gasteiger partial charge on any atom is -0.497 e. The highest BCUT2D eigenvalue weighted by Gasteiger charge is 2.12. The Kier molecular flexibility index (Phi) is 6.15. The Morgan fingerprint density at radius 1 is 0.900 bits per heavy atom. The van der Waals surface area contributed by atoms with Crippen molar-refractivity contribution in [2.45, 2.75) is 25.8 Å². The van der Waals surface area contributed by atoms with Crippen LogP contribution in [-0.2, 0) is 25.8 Å². The van der Waals surface area contributed by atoms with Gasteiger partial charge in [-0.1, -0.05) is 54.1 Å². The molecule has 0 atom stereocenters. The topological polar surface area (TPSA) is 44.1 Å². The molecular weight excluding hydrogens is 396 g/mol. The average Bonchev–Trinajstić information content (AvgIpc) is 2.78. The second-order valence-electron chi connectivity index (χ2n) is 7.23. The maximum absolute atomic E-state index is 13.3. The van der Waals surface area contributed by atoms with E-state index in [-0.39, 0.29) is 5.56 Å². The summed E-state index contributed by atoms with van der Waals surface area (Å²) in [5.41, 5.74) is 3.00. The molecule has 0 N–H and O–H groups in total. The lowest BCUT2D eigenvalue weighted by molar-refractivity contribution is 0.414. The maximum Gasteiger partial charge on any atom is 0.261 e. The zero-order valence-electron chi connectivity index (χ0n) is 16.8. The van der Waals surface area contributed by atoms with Crippen LogP contribution in [0.2, 0.25) is 5.02 Å². The van der Waals surface area contributed by atoms with Crippen molar-refractivity contribution in [1.29, 1.82) is 0 Å². The molecule has 0 bridgehead atoms. The van der Waals surface area contributed by atoms with Gasteiger partial charge in [-0.25, -0.2) is 4.98 Å². The Morgan fingerprint density at radius 3 is 2.37 bits per heavy atom. The largest absolute Gasteiger partial charge is 0.497 e. The van der Waals surface area contributed by atoms with Gasteiger partial charge in [-0.05, 0) is 54.3 Å². The van der Waals surface area contributed by atoms with Crippen molar-refractivity contribution in [2.24, 2.45) is 0 Å². The Hall–Kier alpha value is -3.11. The number of fused-ring (bicyclic) bond motifs is 1. The van der Waals surface area contributed by atoms with E-state index in [1.165, 1.54) is 5.56 Å². The first-order valence-corrected chi connectivity index (χ1v) is 10.4. The van der Waals surface area contributed by atoms with Crippen molar-refractivity contribution in [2.75, 3.05) is 7.11 Å². The molecule has 30 heavy (non-hydrogen) atoms. The van der Waals surface area contributed by atoms with E-state index in [2.05, 4.69) is 12.1 Å². The number of nitrogens with zero attached hydrogens (tertiary/aromatic N) is 2. The highest BCUT2D eigenvalue weighted by atomic mass is 35.5. The molecule has 0 spiro atoms. The molecule has 0 radical (unpaired) electrons. The van der Waals surface area contributed by atoms with E-state index in [0.717, 1.165) is 30.0 Å². The number of aromatic nitrogens is 2. The van der Waals surface area contributed by atoms with E-state index in [9.17, 15) is 4.79 Å². The van der Waals surface area contributed by atoms with E-state index in [1.54, 1.807) is 25.3 Å². The van der Waals surface area contributed by atoms with Crippen LogP contribution in [0.15, 0.2) is 77.6 Å². The van der Waals surface area contributed by atoms with Gasteiger partial charge in [0.05, 0.1) is 18.0 Å². The van der Waals surface area contributed by atoms with Gasteiger partial charge in [-0.2, -0.15) is 0 Å². The van der Waals surface area contributed by atoms with Gasteiger partial charge in [-0.3, -0.25) is 9.36 Å². The highest BCUT2D eigenvalue weighted by molar-refractivity contribution is 6.31. The van der Waals surface area contributed by atoms with E-state index >= 15 is 0 Å². The summed E-state index contributed by atoms with van der Waals surface area (Å²) in [7, 11) is 1.65. The van der Waals surface area contributed by atoms with Gasteiger partial charge in [0.15, 0.2) is 0 Å². The van der Waals surface area contributed by atoms with E-state index < -0.39 is 0 Å². The summed E-state index contributed by atoms with van der Waals surface area (Å²) < 4.78 is 7.03. The smallest absolute Gasteiger partial charge is 0.261 e. The van der Waals surface area contributed by atoms with Gasteiger partial charge in [0.25, 0.3) is 5.56 Å². The first-order valence-electron chi connectivity index (χ1n) is 10.00. The lowest BCUT2D eigenvalue weighted by atomic mass is 10.1. The molecule has 3 aromatic carbocycles. The van der Waals surface area contributed by atoms with Crippen LogP contribution in [0.25, 0.3) is 10.9 Å². The summed E-state index contributed by atoms with van der Waals surface area (Å²) in [5.74, 6) is 1.61. The molecule has 0 fully saturated rings. The van der Waals surface area contributed by atoms with E-state index in [4.69, 9.17) is 21.3 Å². The zero-order valence-corrected chi connectivity index (χ0v) is 17.6. The van der Waals surface area contributed by atoms with Gasteiger partial charge in [0, 0.05) is 18.0 Å². The zero-order chi connectivity index (χ0) is 20.9. The van der Waals surface area contributed by atoms with Crippen molar-refractivity contribution >= 4 is 22.5 Å². The van der Waals surface area contributed by atoms with Crippen LogP contribution < -0.4 is 10.3 Å². The summed E-state index contributed by atoms with van der Waals surface area (Å²) >= 11 is 6.14. The standard InChI is InChI=1S/C25H23ClN2O2/c1-30-21-11-7-19(8-12-21)15-16-28-24(14-9-18-5-3-2-4-6-18)27-23-17-20(26)10-13-22(23)25(28)29/h2-8,10-13,17H,9,14-16H2,1H3. The van der Waals surface area contributed by atoms with E-state index in [1.807, 2.05) is 47.0 Å². The van der Waals surface area contributed by atoms with Crippen LogP contribution in [0.3, 0.4) is 0 Å². The summed E-state index contributed by atoms with van der Waals surface area (Å²) in [6.45, 7) is 0.570. The van der Waals surface area contributed by atoms with Gasteiger partial charge in [-0.15, -0.1) is 0 Å². The van der Waals surface area contributed by atoms with Crippen LogP contribution in [-0.4, -0.2) is 16.7 Å². The van der Waals surface area contributed by atoms with Gasteiger partial charge >= 0.3 is 0 Å². The molecule has 0 saturated carbocycles. The lowest BCUT2D eigenvalue weighted by Gasteiger charge is -2.14. The van der Waals surface area contributed by atoms with Gasteiger partial charge in [0.1, 0.15) is 11.6 Å². The fraction of sp³-hybridized carbons (Fsp3) is 0.200. The molecule has 0 aliphatic heterocycles. The highest BCUT2D eigenvalue weighted by Crippen LogP contribution is 2.17. The molecule has 4 aromatic rings. The Bertz CT molecular complexity index is 1200. The summed E-state index contributed by atoms with van der Waals surface area (Å²) in [6.07, 6.45) is 2.25. The van der Waals surface area contributed by atoms with Crippen molar-refractivity contribution < 1.29 is 4.74 Å². The third-order valence-corrected chi connectivity index (χ3v) is 5.49. The van der Waals surface area contributed by atoms with Crippen molar-refractivity contribution in [3.8, 4) is 5.75 Å². The molecule has 0 aliphatic carbocycles. The van der Waals surface area contributed by atoms with Crippen LogP contribution in [0.4, 0.5) is 0 Å². The van der Waals surface area contributed by atoms with Crippen molar-refractivity contribution in [3.05, 3.63) is 105 Å². The molecule has 4 rings (SSSR count). The third-order valence-electron chi connectivity index (χ3n) is 5.26. The lowest BCUT2D eigenvalue weighted by Crippen LogP contribution is -2.26. The molecule has 0 aliphatic rings. The summed E-state index contributed by atoms with van der Waals surface area (Å²) in [5, 5.41) is 1.18. The molecule has 0 amide bonds. The fourth-order valence-electron chi connectivity index (χ4n) is 3.60. The first kappa shape index (κ1) is 20.2. The first-order chi connectivity index (χ1) is 14.6.